The molecule has 2 aromatic carbocycles. The second kappa shape index (κ2) is 9.36. The molecule has 10 heteroatoms. The third-order valence-corrected chi connectivity index (χ3v) is 6.97. The van der Waals surface area contributed by atoms with Gasteiger partial charge in [0, 0.05) is 44.7 Å². The molecule has 31 heavy (non-hydrogen) atoms. The zero-order chi connectivity index (χ0) is 22.6. The van der Waals surface area contributed by atoms with Crippen LogP contribution in [0.25, 0.3) is 0 Å². The van der Waals surface area contributed by atoms with E-state index >= 15 is 0 Å². The van der Waals surface area contributed by atoms with E-state index in [2.05, 4.69) is 5.32 Å². The Morgan fingerprint density at radius 2 is 1.68 bits per heavy atom. The number of benzene rings is 2. The normalized spacial score (nSPS) is 14.7. The smallest absolute Gasteiger partial charge is 0.255 e. The van der Waals surface area contributed by atoms with E-state index in [1.54, 1.807) is 23.1 Å². The van der Waals surface area contributed by atoms with Crippen molar-refractivity contribution in [1.29, 1.82) is 0 Å². The molecule has 0 spiro atoms. The fourth-order valence-electron chi connectivity index (χ4n) is 3.29. The minimum absolute atomic E-state index is 0.0260. The summed E-state index contributed by atoms with van der Waals surface area (Å²) in [6, 6.07) is 10.8. The number of rotatable bonds is 6. The number of piperazine rings is 1. The lowest BCUT2D eigenvalue weighted by Crippen LogP contribution is -2.49. The number of carbonyl (C=O) groups is 2. The van der Waals surface area contributed by atoms with Gasteiger partial charge in [-0.05, 0) is 30.3 Å². The lowest BCUT2D eigenvalue weighted by atomic mass is 10.2. The summed E-state index contributed by atoms with van der Waals surface area (Å²) in [7, 11) is -0.785. The van der Waals surface area contributed by atoms with Gasteiger partial charge in [0.2, 0.25) is 15.9 Å². The molecule has 0 unspecified atom stereocenters. The predicted octanol–water partition coefficient (Wildman–Crippen LogP) is 1.81. The van der Waals surface area contributed by atoms with Crippen LogP contribution in [-0.4, -0.2) is 69.8 Å². The van der Waals surface area contributed by atoms with Gasteiger partial charge in [-0.25, -0.2) is 8.42 Å². The van der Waals surface area contributed by atoms with Crippen LogP contribution in [0.1, 0.15) is 17.3 Å². The van der Waals surface area contributed by atoms with Crippen LogP contribution in [0.15, 0.2) is 47.4 Å². The molecule has 1 aliphatic rings. The van der Waals surface area contributed by atoms with Crippen molar-refractivity contribution in [2.24, 2.45) is 0 Å². The molecule has 1 aliphatic heterocycles. The van der Waals surface area contributed by atoms with E-state index in [0.717, 1.165) is 0 Å². The summed E-state index contributed by atoms with van der Waals surface area (Å²) >= 11 is 0. The van der Waals surface area contributed by atoms with Crippen LogP contribution >= 0.6 is 0 Å². The fraction of sp³-hybridized carbons (Fsp3) is 0.333. The van der Waals surface area contributed by atoms with E-state index in [0.29, 0.717) is 30.3 Å². The quantitative estimate of drug-likeness (QED) is 0.724. The van der Waals surface area contributed by atoms with Crippen LogP contribution in [0.2, 0.25) is 0 Å². The molecule has 1 N–H and O–H groups in total. The fourth-order valence-corrected chi connectivity index (χ4v) is 4.76. The number of methoxy groups -OCH3 is 2. The number of amides is 2. The Kier molecular flexibility index (Phi) is 6.81. The zero-order valence-corrected chi connectivity index (χ0v) is 18.4. The highest BCUT2D eigenvalue weighted by molar-refractivity contribution is 7.89. The number of carbonyl (C=O) groups excluding carboxylic acids is 2. The van der Waals surface area contributed by atoms with Crippen molar-refractivity contribution in [2.75, 3.05) is 45.7 Å². The van der Waals surface area contributed by atoms with E-state index in [-0.39, 0.29) is 29.5 Å². The molecule has 1 heterocycles. The third-order valence-electron chi connectivity index (χ3n) is 5.07. The highest BCUT2D eigenvalue weighted by Gasteiger charge is 2.29. The first-order chi connectivity index (χ1) is 14.8. The van der Waals surface area contributed by atoms with E-state index in [9.17, 15) is 18.0 Å². The molecule has 3 rings (SSSR count). The van der Waals surface area contributed by atoms with Gasteiger partial charge >= 0.3 is 0 Å². The van der Waals surface area contributed by atoms with E-state index in [1.807, 2.05) is 0 Å². The Labute approximate surface area is 181 Å². The molecule has 9 nitrogen and oxygen atoms in total. The highest BCUT2D eigenvalue weighted by Crippen LogP contribution is 2.29. The second-order valence-corrected chi connectivity index (χ2v) is 8.90. The van der Waals surface area contributed by atoms with Crippen LogP contribution in [0, 0.1) is 0 Å². The van der Waals surface area contributed by atoms with Gasteiger partial charge in [0.05, 0.1) is 24.8 Å². The van der Waals surface area contributed by atoms with Crippen molar-refractivity contribution in [3.05, 3.63) is 48.0 Å². The summed E-state index contributed by atoms with van der Waals surface area (Å²) in [6.07, 6.45) is 0. The largest absolute Gasteiger partial charge is 0.497 e. The first kappa shape index (κ1) is 22.6. The average molecular weight is 448 g/mol. The summed E-state index contributed by atoms with van der Waals surface area (Å²) in [5.41, 5.74) is 0.628. The van der Waals surface area contributed by atoms with Gasteiger partial charge < -0.3 is 19.7 Å². The number of anilines is 1. The molecular weight excluding hydrogens is 422 g/mol. The summed E-state index contributed by atoms with van der Waals surface area (Å²) in [5.74, 6) is 0.444. The summed E-state index contributed by atoms with van der Waals surface area (Å²) in [4.78, 5) is 25.9. The summed E-state index contributed by atoms with van der Waals surface area (Å²) in [6.45, 7) is 2.56. The predicted molar refractivity (Wildman–Crippen MR) is 115 cm³/mol. The SMILES string of the molecule is COc1ccc(NC(=O)c2cccc(S(=O)(=O)N3CCN(C(C)=O)CC3)c2)c(OC)c1. The summed E-state index contributed by atoms with van der Waals surface area (Å²) < 4.78 is 37.8. The molecule has 0 aliphatic carbocycles. The van der Waals surface area contributed by atoms with Gasteiger partial charge in [-0.2, -0.15) is 4.31 Å². The van der Waals surface area contributed by atoms with Gasteiger partial charge in [0.15, 0.2) is 0 Å². The lowest BCUT2D eigenvalue weighted by Gasteiger charge is -2.33. The highest BCUT2D eigenvalue weighted by atomic mass is 32.2. The van der Waals surface area contributed by atoms with E-state index in [1.165, 1.54) is 49.7 Å². The number of nitrogens with one attached hydrogen (secondary N) is 1. The Bertz CT molecular complexity index is 1080. The van der Waals surface area contributed by atoms with Crippen molar-refractivity contribution < 1.29 is 27.5 Å². The van der Waals surface area contributed by atoms with Gasteiger partial charge in [0.25, 0.3) is 5.91 Å². The average Bonchev–Trinajstić information content (AvgIpc) is 2.79. The molecule has 166 valence electrons. The Morgan fingerprint density at radius 1 is 0.968 bits per heavy atom. The van der Waals surface area contributed by atoms with E-state index < -0.39 is 15.9 Å². The molecule has 1 fully saturated rings. The molecule has 2 aromatic rings. The standard InChI is InChI=1S/C21H25N3O6S/c1-15(25)23-9-11-24(12-10-23)31(27,28)18-6-4-5-16(13-18)21(26)22-19-8-7-17(29-2)14-20(19)30-3/h4-8,13-14H,9-12H2,1-3H3,(H,22,26). The molecule has 0 aromatic heterocycles. The molecular formula is C21H25N3O6S. The molecule has 0 bridgehead atoms. The van der Waals surface area contributed by atoms with Crippen molar-refractivity contribution in [3.63, 3.8) is 0 Å². The lowest BCUT2D eigenvalue weighted by molar-refractivity contribution is -0.129. The topological polar surface area (TPSA) is 105 Å². The van der Waals surface area contributed by atoms with Gasteiger partial charge in [-0.15, -0.1) is 0 Å². The molecule has 0 radical (unpaired) electrons. The minimum atomic E-state index is -3.79. The second-order valence-electron chi connectivity index (χ2n) is 6.96. The van der Waals surface area contributed by atoms with Crippen molar-refractivity contribution in [3.8, 4) is 11.5 Å². The zero-order valence-electron chi connectivity index (χ0n) is 17.6. The maximum Gasteiger partial charge on any atom is 0.255 e. The number of hydrogen-bond acceptors (Lipinski definition) is 6. The number of hydrogen-bond donors (Lipinski definition) is 1. The number of nitrogens with zero attached hydrogens (tertiary/aromatic N) is 2. The third kappa shape index (κ3) is 4.97. The minimum Gasteiger partial charge on any atom is -0.497 e. The van der Waals surface area contributed by atoms with Crippen LogP contribution < -0.4 is 14.8 Å². The molecule has 0 atom stereocenters. The first-order valence-electron chi connectivity index (χ1n) is 9.65. The Hall–Kier alpha value is -3.11. The Balaban J connectivity index is 1.78. The monoisotopic (exact) mass is 447 g/mol. The van der Waals surface area contributed by atoms with Gasteiger partial charge in [0.1, 0.15) is 11.5 Å². The first-order valence-corrected chi connectivity index (χ1v) is 11.1. The maximum atomic E-state index is 13.0. The maximum absolute atomic E-state index is 13.0. The summed E-state index contributed by atoms with van der Waals surface area (Å²) in [5, 5.41) is 2.73. The number of ether oxygens (including phenoxy) is 2. The van der Waals surface area contributed by atoms with Crippen LogP contribution in [0.5, 0.6) is 11.5 Å². The van der Waals surface area contributed by atoms with Crippen LogP contribution in [-0.2, 0) is 14.8 Å². The van der Waals surface area contributed by atoms with Gasteiger partial charge in [-0.1, -0.05) is 6.07 Å². The number of sulfonamides is 1. The van der Waals surface area contributed by atoms with Crippen molar-refractivity contribution >= 4 is 27.5 Å². The van der Waals surface area contributed by atoms with E-state index in [4.69, 9.17) is 9.47 Å². The molecule has 0 saturated carbocycles. The van der Waals surface area contributed by atoms with Crippen molar-refractivity contribution in [2.45, 2.75) is 11.8 Å². The van der Waals surface area contributed by atoms with Crippen LogP contribution in [0.4, 0.5) is 5.69 Å². The Morgan fingerprint density at radius 3 is 2.29 bits per heavy atom. The van der Waals surface area contributed by atoms with Crippen molar-refractivity contribution in [1.82, 2.24) is 9.21 Å². The van der Waals surface area contributed by atoms with Gasteiger partial charge in [-0.3, -0.25) is 9.59 Å². The molecule has 1 saturated heterocycles. The van der Waals surface area contributed by atoms with Crippen LogP contribution in [0.3, 0.4) is 0 Å². The molecule has 2 amide bonds.